The second-order valence-corrected chi connectivity index (χ2v) is 13.4. The molecule has 49 heavy (non-hydrogen) atoms. The number of nitriles is 1. The number of rotatable bonds is 8. The lowest BCUT2D eigenvalue weighted by Gasteiger charge is -2.46. The highest BCUT2D eigenvalue weighted by molar-refractivity contribution is 5.97. The lowest BCUT2D eigenvalue weighted by molar-refractivity contribution is -0.128. The lowest BCUT2D eigenvalue weighted by Crippen LogP contribution is -2.59. The van der Waals surface area contributed by atoms with Crippen molar-refractivity contribution in [3.63, 3.8) is 0 Å². The SMILES string of the molecule is CC(C)(/C=C(/C#N)C(=O)N1CCC[C@@H](c2nc(-c3ccc(Oc4ccccc4)cc3F)c3c(N)ncnn23)C1)N1CCN(C2COC2)CC1. The maximum Gasteiger partial charge on any atom is 0.264 e. The van der Waals surface area contributed by atoms with Gasteiger partial charge in [-0.15, -0.1) is 0 Å². The van der Waals surface area contributed by atoms with Crippen molar-refractivity contribution in [2.45, 2.75) is 44.2 Å². The van der Waals surface area contributed by atoms with Gasteiger partial charge in [-0.1, -0.05) is 18.2 Å². The van der Waals surface area contributed by atoms with Crippen LogP contribution in [0.4, 0.5) is 10.2 Å². The average molecular weight is 666 g/mol. The Bertz CT molecular complexity index is 1910. The Morgan fingerprint density at radius 2 is 1.88 bits per heavy atom. The largest absolute Gasteiger partial charge is 0.457 e. The summed E-state index contributed by atoms with van der Waals surface area (Å²) in [5.41, 5.74) is 6.90. The van der Waals surface area contributed by atoms with Crippen LogP contribution in [0.2, 0.25) is 0 Å². The zero-order valence-electron chi connectivity index (χ0n) is 27.8. The molecule has 2 N–H and O–H groups in total. The first-order valence-electron chi connectivity index (χ1n) is 16.7. The van der Waals surface area contributed by atoms with Crippen LogP contribution >= 0.6 is 0 Å². The van der Waals surface area contributed by atoms with E-state index in [1.165, 1.54) is 12.4 Å². The summed E-state index contributed by atoms with van der Waals surface area (Å²) in [5.74, 6) is 0.586. The predicted molar refractivity (Wildman–Crippen MR) is 181 cm³/mol. The molecule has 1 atom stereocenters. The number of halogens is 1. The van der Waals surface area contributed by atoms with E-state index in [-0.39, 0.29) is 28.8 Å². The zero-order chi connectivity index (χ0) is 34.1. The van der Waals surface area contributed by atoms with Crippen LogP contribution in [0.5, 0.6) is 11.5 Å². The molecule has 3 saturated heterocycles. The van der Waals surface area contributed by atoms with Crippen molar-refractivity contribution < 1.29 is 18.7 Å². The van der Waals surface area contributed by atoms with E-state index in [0.717, 1.165) is 45.8 Å². The van der Waals surface area contributed by atoms with Crippen LogP contribution in [-0.4, -0.2) is 104 Å². The van der Waals surface area contributed by atoms with Crippen LogP contribution in [0.15, 0.2) is 66.5 Å². The number of nitrogens with zero attached hydrogens (tertiary/aromatic N) is 8. The summed E-state index contributed by atoms with van der Waals surface area (Å²) in [5, 5.41) is 14.6. The van der Waals surface area contributed by atoms with Crippen molar-refractivity contribution >= 4 is 17.2 Å². The maximum absolute atomic E-state index is 15.7. The zero-order valence-corrected chi connectivity index (χ0v) is 27.8. The van der Waals surface area contributed by atoms with Crippen molar-refractivity contribution in [2.75, 3.05) is 58.2 Å². The third-order valence-corrected chi connectivity index (χ3v) is 9.85. The number of likely N-dealkylation sites (tertiary alicyclic amines) is 1. The first-order chi connectivity index (χ1) is 23.7. The molecule has 0 unspecified atom stereocenters. The molecule has 0 spiro atoms. The Morgan fingerprint density at radius 3 is 2.57 bits per heavy atom. The number of fused-ring (bicyclic) bond motifs is 1. The molecule has 5 heterocycles. The summed E-state index contributed by atoms with van der Waals surface area (Å²) < 4.78 is 28.5. The fourth-order valence-electron chi connectivity index (χ4n) is 7.03. The molecule has 0 aliphatic carbocycles. The van der Waals surface area contributed by atoms with Crippen molar-refractivity contribution in [1.82, 2.24) is 34.3 Å². The molecule has 3 aliphatic rings. The van der Waals surface area contributed by atoms with Crippen molar-refractivity contribution in [2.24, 2.45) is 0 Å². The Labute approximate surface area is 284 Å². The minimum absolute atomic E-state index is 0.126. The number of ether oxygens (including phenoxy) is 2. The van der Waals surface area contributed by atoms with Crippen molar-refractivity contribution in [1.29, 1.82) is 5.26 Å². The number of piperazine rings is 1. The van der Waals surface area contributed by atoms with Gasteiger partial charge in [0.2, 0.25) is 0 Å². The van der Waals surface area contributed by atoms with Gasteiger partial charge < -0.3 is 20.1 Å². The van der Waals surface area contributed by atoms with E-state index in [4.69, 9.17) is 20.2 Å². The number of imidazole rings is 1. The number of hydrogen-bond acceptors (Lipinski definition) is 10. The van der Waals surface area contributed by atoms with E-state index in [9.17, 15) is 10.1 Å². The van der Waals surface area contributed by atoms with Gasteiger partial charge >= 0.3 is 0 Å². The molecular weight excluding hydrogens is 625 g/mol. The number of hydrogen-bond donors (Lipinski definition) is 1. The highest BCUT2D eigenvalue weighted by Gasteiger charge is 2.36. The standard InChI is InChI=1S/C36H40FN9O3/c1-36(2,45-15-13-43(14-16-45)26-21-48-22-26)18-25(19-38)35(47)44-12-6-7-24(20-44)34-42-31(32-33(39)40-23-41-46(32)34)29-11-10-28(17-30(29)37)49-27-8-4-3-5-9-27/h3-5,8-11,17-18,23-24,26H,6-7,12-16,20-22H2,1-2H3,(H2,39,40,41)/b25-18-/t24-/m1/s1. The van der Waals surface area contributed by atoms with Crippen LogP contribution < -0.4 is 10.5 Å². The average Bonchev–Trinajstić information content (AvgIpc) is 3.48. The summed E-state index contributed by atoms with van der Waals surface area (Å²) in [6.45, 7) is 10.1. The summed E-state index contributed by atoms with van der Waals surface area (Å²) in [6, 6.07) is 16.4. The highest BCUT2D eigenvalue weighted by Crippen LogP contribution is 2.36. The Kier molecular flexibility index (Phi) is 9.02. The molecule has 7 rings (SSSR count). The fourth-order valence-corrected chi connectivity index (χ4v) is 7.03. The fraction of sp³-hybridized carbons (Fsp3) is 0.417. The molecule has 1 amide bonds. The number of benzene rings is 2. The molecule has 254 valence electrons. The number of carbonyl (C=O) groups excluding carboxylic acids is 1. The van der Waals surface area contributed by atoms with Gasteiger partial charge in [0.1, 0.15) is 52.3 Å². The molecule has 12 nitrogen and oxygen atoms in total. The Balaban J connectivity index is 1.11. The van der Waals surface area contributed by atoms with Crippen molar-refractivity contribution in [3.8, 4) is 28.8 Å². The van der Waals surface area contributed by atoms with Crippen LogP contribution in [-0.2, 0) is 9.53 Å². The second kappa shape index (κ2) is 13.5. The molecule has 0 saturated carbocycles. The quantitative estimate of drug-likeness (QED) is 0.215. The molecule has 3 fully saturated rings. The van der Waals surface area contributed by atoms with Gasteiger partial charge in [0.05, 0.1) is 19.3 Å². The topological polar surface area (TPSA) is 138 Å². The number of carbonyl (C=O) groups is 1. The molecule has 2 aromatic carbocycles. The number of aromatic nitrogens is 4. The normalized spacial score (nSPS) is 19.8. The number of amides is 1. The molecule has 3 aliphatic heterocycles. The van der Waals surface area contributed by atoms with E-state index in [1.807, 2.05) is 24.3 Å². The first kappa shape index (κ1) is 32.6. The number of anilines is 1. The van der Waals surface area contributed by atoms with Gasteiger partial charge in [-0.3, -0.25) is 14.6 Å². The Morgan fingerprint density at radius 1 is 1.10 bits per heavy atom. The minimum atomic E-state index is -0.534. The summed E-state index contributed by atoms with van der Waals surface area (Å²) >= 11 is 0. The van der Waals surface area contributed by atoms with Gasteiger partial charge in [-0.2, -0.15) is 10.4 Å². The van der Waals surface area contributed by atoms with Crippen LogP contribution in [0.3, 0.4) is 0 Å². The minimum Gasteiger partial charge on any atom is -0.457 e. The number of para-hydroxylation sites is 1. The Hall–Kier alpha value is -4.90. The van der Waals surface area contributed by atoms with Crippen LogP contribution in [0.25, 0.3) is 16.8 Å². The molecule has 13 heteroatoms. The van der Waals surface area contributed by atoms with E-state index < -0.39 is 11.4 Å². The molecule has 2 aromatic heterocycles. The van der Waals surface area contributed by atoms with Gasteiger partial charge in [-0.05, 0) is 57.0 Å². The molecule has 0 bridgehead atoms. The summed E-state index contributed by atoms with van der Waals surface area (Å²) in [4.78, 5) is 29.4. The van der Waals surface area contributed by atoms with Crippen LogP contribution in [0, 0.1) is 17.1 Å². The second-order valence-electron chi connectivity index (χ2n) is 13.4. The predicted octanol–water partition coefficient (Wildman–Crippen LogP) is 4.26. The van der Waals surface area contributed by atoms with E-state index in [1.54, 1.807) is 33.7 Å². The highest BCUT2D eigenvalue weighted by atomic mass is 19.1. The lowest BCUT2D eigenvalue weighted by atomic mass is 9.94. The number of piperidine rings is 1. The van der Waals surface area contributed by atoms with E-state index in [2.05, 4.69) is 39.8 Å². The third-order valence-electron chi connectivity index (χ3n) is 9.85. The van der Waals surface area contributed by atoms with E-state index >= 15 is 4.39 Å². The monoisotopic (exact) mass is 665 g/mol. The first-order valence-corrected chi connectivity index (χ1v) is 16.7. The van der Waals surface area contributed by atoms with Gasteiger partial charge in [0, 0.05) is 62.4 Å². The van der Waals surface area contributed by atoms with Gasteiger partial charge in [-0.25, -0.2) is 18.9 Å². The third kappa shape index (κ3) is 6.59. The van der Waals surface area contributed by atoms with Crippen LogP contribution in [0.1, 0.15) is 38.4 Å². The maximum atomic E-state index is 15.7. The van der Waals surface area contributed by atoms with Crippen molar-refractivity contribution in [3.05, 3.63) is 78.1 Å². The summed E-state index contributed by atoms with van der Waals surface area (Å²) in [7, 11) is 0. The molecule has 0 radical (unpaired) electrons. The van der Waals surface area contributed by atoms with Gasteiger partial charge in [0.25, 0.3) is 5.91 Å². The molecule has 4 aromatic rings. The van der Waals surface area contributed by atoms with E-state index in [0.29, 0.717) is 54.1 Å². The number of nitrogens with two attached hydrogens (primary N) is 1. The summed E-state index contributed by atoms with van der Waals surface area (Å²) in [6.07, 6.45) is 4.59. The number of nitrogen functional groups attached to an aromatic ring is 1. The van der Waals surface area contributed by atoms with Gasteiger partial charge in [0.15, 0.2) is 5.82 Å². The smallest absolute Gasteiger partial charge is 0.264 e. The molecular formula is C36H40FN9O3.